The van der Waals surface area contributed by atoms with Gasteiger partial charge in [0, 0.05) is 18.2 Å². The van der Waals surface area contributed by atoms with Crippen molar-refractivity contribution < 1.29 is 14.1 Å². The number of amides is 1. The molecule has 0 radical (unpaired) electrons. The van der Waals surface area contributed by atoms with Gasteiger partial charge < -0.3 is 5.32 Å². The van der Waals surface area contributed by atoms with Crippen molar-refractivity contribution in [2.75, 3.05) is 0 Å². The van der Waals surface area contributed by atoms with Crippen molar-refractivity contribution in [3.05, 3.63) is 73.9 Å². The van der Waals surface area contributed by atoms with E-state index < -0.39 is 40.0 Å². The number of benzene rings is 1. The first kappa shape index (κ1) is 16.8. The number of nitrogens with one attached hydrogen (secondary N) is 1. The van der Waals surface area contributed by atoms with E-state index in [1.165, 1.54) is 18.2 Å². The summed E-state index contributed by atoms with van der Waals surface area (Å²) in [7, 11) is 0. The summed E-state index contributed by atoms with van der Waals surface area (Å²) < 4.78 is 14.2. The van der Waals surface area contributed by atoms with Gasteiger partial charge in [0.1, 0.15) is 24.0 Å². The van der Waals surface area contributed by atoms with Crippen LogP contribution in [0.25, 0.3) is 0 Å². The number of halogens is 1. The summed E-state index contributed by atoms with van der Waals surface area (Å²) in [5, 5.41) is 22.1. The van der Waals surface area contributed by atoms with Crippen LogP contribution in [-0.4, -0.2) is 15.4 Å². The lowest BCUT2D eigenvalue weighted by molar-refractivity contribution is -0.385. The van der Waals surface area contributed by atoms with Gasteiger partial charge in [-0.2, -0.15) is 5.26 Å². The first-order chi connectivity index (χ1) is 11.4. The average Bonchev–Trinajstić information content (AvgIpc) is 2.55. The second-order valence-electron chi connectivity index (χ2n) is 4.78. The standard InChI is InChI=1S/C15H11FN4O4/c16-13-4-2-1-3-10(13)7-18-14(21)9-19-8-12(20(23)24)5-11(6-17)15(19)22/h1-5,8H,7,9H2,(H,18,21). The lowest BCUT2D eigenvalue weighted by Crippen LogP contribution is -2.33. The number of pyridine rings is 1. The Bertz CT molecular complexity index is 901. The summed E-state index contributed by atoms with van der Waals surface area (Å²) in [4.78, 5) is 33.8. The molecule has 0 saturated carbocycles. The molecule has 0 aliphatic carbocycles. The molecule has 1 aromatic carbocycles. The Morgan fingerprint density at radius 1 is 1.42 bits per heavy atom. The molecule has 2 aromatic rings. The van der Waals surface area contributed by atoms with E-state index in [1.54, 1.807) is 12.1 Å². The first-order valence-corrected chi connectivity index (χ1v) is 6.71. The van der Waals surface area contributed by atoms with E-state index in [0.29, 0.717) is 0 Å². The van der Waals surface area contributed by atoms with Crippen molar-refractivity contribution >= 4 is 11.6 Å². The third-order valence-electron chi connectivity index (χ3n) is 3.15. The smallest absolute Gasteiger partial charge is 0.287 e. The molecule has 24 heavy (non-hydrogen) atoms. The van der Waals surface area contributed by atoms with Crippen molar-refractivity contribution in [2.45, 2.75) is 13.1 Å². The monoisotopic (exact) mass is 330 g/mol. The molecule has 0 unspecified atom stereocenters. The summed E-state index contributed by atoms with van der Waals surface area (Å²) in [5.41, 5.74) is -1.47. The van der Waals surface area contributed by atoms with E-state index in [9.17, 15) is 24.1 Å². The van der Waals surface area contributed by atoms with E-state index in [4.69, 9.17) is 5.26 Å². The predicted octanol–water partition coefficient (Wildman–Crippen LogP) is 1.08. The highest BCUT2D eigenvalue weighted by atomic mass is 19.1. The summed E-state index contributed by atoms with van der Waals surface area (Å²) in [6.07, 6.45) is 0.881. The van der Waals surface area contributed by atoms with Gasteiger partial charge in [0.15, 0.2) is 0 Å². The minimum atomic E-state index is -0.816. The molecule has 1 heterocycles. The van der Waals surface area contributed by atoms with Gasteiger partial charge in [0.25, 0.3) is 11.2 Å². The summed E-state index contributed by atoms with van der Waals surface area (Å²) in [5.74, 6) is -1.14. The molecule has 1 N–H and O–H groups in total. The zero-order valence-electron chi connectivity index (χ0n) is 12.2. The maximum absolute atomic E-state index is 13.5. The van der Waals surface area contributed by atoms with Crippen LogP contribution in [0.15, 0.2) is 41.3 Å². The third kappa shape index (κ3) is 3.80. The van der Waals surface area contributed by atoms with Crippen LogP contribution in [0.4, 0.5) is 10.1 Å². The molecule has 0 atom stereocenters. The van der Waals surface area contributed by atoms with Gasteiger partial charge in [-0.15, -0.1) is 0 Å². The Labute approximate surface area is 134 Å². The van der Waals surface area contributed by atoms with Crippen LogP contribution in [-0.2, 0) is 17.9 Å². The number of nitriles is 1. The van der Waals surface area contributed by atoms with Crippen LogP contribution in [0.2, 0.25) is 0 Å². The molecule has 0 bridgehead atoms. The van der Waals surface area contributed by atoms with Gasteiger partial charge in [-0.3, -0.25) is 24.3 Å². The molecule has 8 nitrogen and oxygen atoms in total. The zero-order valence-corrected chi connectivity index (χ0v) is 12.2. The van der Waals surface area contributed by atoms with Crippen LogP contribution in [0.1, 0.15) is 11.1 Å². The van der Waals surface area contributed by atoms with Crippen molar-refractivity contribution in [3.8, 4) is 6.07 Å². The molecular weight excluding hydrogens is 319 g/mol. The van der Waals surface area contributed by atoms with Gasteiger partial charge >= 0.3 is 0 Å². The summed E-state index contributed by atoms with van der Waals surface area (Å²) in [6.45, 7) is -0.621. The molecule has 1 aromatic heterocycles. The number of rotatable bonds is 5. The van der Waals surface area contributed by atoms with Crippen molar-refractivity contribution in [3.63, 3.8) is 0 Å². The molecular formula is C15H11FN4O4. The summed E-state index contributed by atoms with van der Waals surface area (Å²) >= 11 is 0. The van der Waals surface area contributed by atoms with Crippen molar-refractivity contribution in [2.24, 2.45) is 0 Å². The fourth-order valence-corrected chi connectivity index (χ4v) is 1.96. The Balaban J connectivity index is 2.16. The van der Waals surface area contributed by atoms with Gasteiger partial charge in [-0.1, -0.05) is 18.2 Å². The Hall–Kier alpha value is -3.54. The van der Waals surface area contributed by atoms with E-state index in [0.717, 1.165) is 16.8 Å². The SMILES string of the molecule is N#Cc1cc([N+](=O)[O-])cn(CC(=O)NCc2ccccc2F)c1=O. The summed E-state index contributed by atoms with van der Waals surface area (Å²) in [6, 6.07) is 8.24. The minimum Gasteiger partial charge on any atom is -0.350 e. The van der Waals surface area contributed by atoms with E-state index in [2.05, 4.69) is 5.32 Å². The molecule has 1 amide bonds. The molecule has 0 spiro atoms. The second kappa shape index (κ2) is 7.15. The molecule has 9 heteroatoms. The lowest BCUT2D eigenvalue weighted by atomic mass is 10.2. The molecule has 2 rings (SSSR count). The quantitative estimate of drug-likeness (QED) is 0.650. The van der Waals surface area contributed by atoms with E-state index in [-0.39, 0.29) is 12.1 Å². The molecule has 0 fully saturated rings. The molecule has 0 saturated heterocycles. The normalized spacial score (nSPS) is 10.0. The number of hydrogen-bond donors (Lipinski definition) is 1. The van der Waals surface area contributed by atoms with Gasteiger partial charge in [-0.05, 0) is 6.07 Å². The number of nitro groups is 1. The Morgan fingerprint density at radius 2 is 2.12 bits per heavy atom. The maximum atomic E-state index is 13.5. The zero-order chi connectivity index (χ0) is 17.7. The maximum Gasteiger partial charge on any atom is 0.287 e. The molecule has 0 aliphatic rings. The van der Waals surface area contributed by atoms with Crippen LogP contribution in [0, 0.1) is 27.3 Å². The largest absolute Gasteiger partial charge is 0.350 e. The second-order valence-corrected chi connectivity index (χ2v) is 4.78. The molecule has 122 valence electrons. The van der Waals surface area contributed by atoms with E-state index >= 15 is 0 Å². The van der Waals surface area contributed by atoms with Gasteiger partial charge in [0.05, 0.1) is 11.1 Å². The highest BCUT2D eigenvalue weighted by Gasteiger charge is 2.15. The number of carbonyl (C=O) groups is 1. The topological polar surface area (TPSA) is 118 Å². The van der Waals surface area contributed by atoms with Crippen LogP contribution in [0.3, 0.4) is 0 Å². The average molecular weight is 330 g/mol. The fourth-order valence-electron chi connectivity index (χ4n) is 1.96. The predicted molar refractivity (Wildman–Crippen MR) is 80.3 cm³/mol. The van der Waals surface area contributed by atoms with Crippen LogP contribution >= 0.6 is 0 Å². The number of hydrogen-bond acceptors (Lipinski definition) is 5. The fraction of sp³-hybridized carbons (Fsp3) is 0.133. The lowest BCUT2D eigenvalue weighted by Gasteiger charge is -2.08. The number of aromatic nitrogens is 1. The highest BCUT2D eigenvalue weighted by molar-refractivity contribution is 5.75. The van der Waals surface area contributed by atoms with Crippen molar-refractivity contribution in [1.29, 1.82) is 5.26 Å². The van der Waals surface area contributed by atoms with Gasteiger partial charge in [-0.25, -0.2) is 4.39 Å². The third-order valence-corrected chi connectivity index (χ3v) is 3.15. The minimum absolute atomic E-state index is 0.0969. The number of nitrogens with zero attached hydrogens (tertiary/aromatic N) is 3. The Morgan fingerprint density at radius 3 is 2.75 bits per heavy atom. The molecule has 0 aliphatic heterocycles. The number of carbonyl (C=O) groups excluding carboxylic acids is 1. The van der Waals surface area contributed by atoms with Crippen LogP contribution < -0.4 is 10.9 Å². The van der Waals surface area contributed by atoms with Crippen molar-refractivity contribution in [1.82, 2.24) is 9.88 Å². The Kier molecular flexibility index (Phi) is 5.01. The van der Waals surface area contributed by atoms with E-state index in [1.807, 2.05) is 0 Å². The highest BCUT2D eigenvalue weighted by Crippen LogP contribution is 2.10. The first-order valence-electron chi connectivity index (χ1n) is 6.71. The van der Waals surface area contributed by atoms with Gasteiger partial charge in [0.2, 0.25) is 5.91 Å². The van der Waals surface area contributed by atoms with Crippen LogP contribution in [0.5, 0.6) is 0 Å².